The number of pyridine rings is 1. The van der Waals surface area contributed by atoms with Crippen molar-refractivity contribution in [3.05, 3.63) is 106 Å². The van der Waals surface area contributed by atoms with E-state index in [0.29, 0.717) is 41.2 Å². The maximum Gasteiger partial charge on any atom is 0.326 e. The van der Waals surface area contributed by atoms with Crippen LogP contribution in [0.3, 0.4) is 0 Å². The lowest BCUT2D eigenvalue weighted by molar-refractivity contribution is 0.238. The van der Waals surface area contributed by atoms with Crippen LogP contribution in [0, 0.1) is 17.3 Å². The third-order valence-corrected chi connectivity index (χ3v) is 6.61. The van der Waals surface area contributed by atoms with Crippen LogP contribution in [0.5, 0.6) is 0 Å². The molecular weight excluding hydrogens is 496 g/mol. The Hall–Kier alpha value is -4.06. The van der Waals surface area contributed by atoms with E-state index >= 15 is 0 Å². The Labute approximate surface area is 217 Å². The van der Waals surface area contributed by atoms with Gasteiger partial charge in [-0.05, 0) is 65.2 Å². The number of carbonyl (C=O) groups excluding carboxylic acids is 1. The summed E-state index contributed by atoms with van der Waals surface area (Å²) in [6.07, 6.45) is 3.36. The minimum absolute atomic E-state index is 0.118. The van der Waals surface area contributed by atoms with Gasteiger partial charge >= 0.3 is 6.03 Å². The summed E-state index contributed by atoms with van der Waals surface area (Å²) in [6.45, 7) is 1.24. The number of rotatable bonds is 5. The van der Waals surface area contributed by atoms with Crippen LogP contribution in [-0.4, -0.2) is 33.6 Å². The topological polar surface area (TPSA) is 74.0 Å². The van der Waals surface area contributed by atoms with Crippen molar-refractivity contribution in [1.29, 1.82) is 5.26 Å². The number of amides is 1. The number of benzene rings is 2. The van der Waals surface area contributed by atoms with Crippen LogP contribution in [0.1, 0.15) is 27.9 Å². The summed E-state index contributed by atoms with van der Waals surface area (Å²) in [6, 6.07) is 16.8. The number of hydrogen-bond donors (Lipinski definition) is 1. The molecule has 37 heavy (non-hydrogen) atoms. The van der Waals surface area contributed by atoms with Crippen LogP contribution in [0.2, 0.25) is 5.02 Å². The monoisotopic (exact) mass is 517 g/mol. The molecule has 4 aromatic rings. The fourth-order valence-corrected chi connectivity index (χ4v) is 4.79. The zero-order valence-electron chi connectivity index (χ0n) is 19.7. The maximum absolute atomic E-state index is 14.8. The Morgan fingerprint density at radius 1 is 1.19 bits per heavy atom. The number of aromatic nitrogens is 2. The highest BCUT2D eigenvalue weighted by Crippen LogP contribution is 2.32. The highest BCUT2D eigenvalue weighted by molar-refractivity contribution is 6.30. The van der Waals surface area contributed by atoms with Crippen molar-refractivity contribution in [3.63, 3.8) is 0 Å². The molecule has 0 fully saturated rings. The molecule has 0 spiro atoms. The number of nitrogens with one attached hydrogen (secondary N) is 1. The maximum atomic E-state index is 14.8. The molecule has 0 saturated carbocycles. The molecule has 6 nitrogen and oxygen atoms in total. The lowest BCUT2D eigenvalue weighted by Crippen LogP contribution is -2.35. The Balaban J connectivity index is 1.41. The Morgan fingerprint density at radius 2 is 2.00 bits per heavy atom. The van der Waals surface area contributed by atoms with E-state index in [4.69, 9.17) is 11.6 Å². The highest BCUT2D eigenvalue weighted by Gasteiger charge is 2.27. The first kappa shape index (κ1) is 24.6. The molecule has 0 atom stereocenters. The van der Waals surface area contributed by atoms with E-state index in [9.17, 15) is 18.8 Å². The van der Waals surface area contributed by atoms with Gasteiger partial charge in [-0.1, -0.05) is 23.7 Å². The van der Waals surface area contributed by atoms with Crippen molar-refractivity contribution < 1.29 is 13.6 Å². The van der Waals surface area contributed by atoms with Gasteiger partial charge in [-0.3, -0.25) is 9.47 Å². The Morgan fingerprint density at radius 3 is 2.76 bits per heavy atom. The van der Waals surface area contributed by atoms with Gasteiger partial charge in [0.1, 0.15) is 5.83 Å². The van der Waals surface area contributed by atoms with Crippen LogP contribution in [0.25, 0.3) is 17.0 Å². The summed E-state index contributed by atoms with van der Waals surface area (Å²) in [5, 5.41) is 13.6. The fourth-order valence-electron chi connectivity index (χ4n) is 4.66. The molecule has 9 heteroatoms. The van der Waals surface area contributed by atoms with E-state index < -0.39 is 5.95 Å². The average Bonchev–Trinajstić information content (AvgIpc) is 3.21. The van der Waals surface area contributed by atoms with E-state index in [1.807, 2.05) is 4.90 Å². The van der Waals surface area contributed by atoms with Crippen molar-refractivity contribution in [2.24, 2.45) is 0 Å². The van der Waals surface area contributed by atoms with E-state index in [-0.39, 0.29) is 24.9 Å². The molecule has 0 saturated heterocycles. The van der Waals surface area contributed by atoms with Crippen molar-refractivity contribution >= 4 is 34.6 Å². The van der Waals surface area contributed by atoms with Crippen molar-refractivity contribution in [2.75, 3.05) is 13.1 Å². The summed E-state index contributed by atoms with van der Waals surface area (Å²) in [5.41, 5.74) is 4.17. The van der Waals surface area contributed by atoms with E-state index in [1.165, 1.54) is 18.3 Å². The molecule has 0 bridgehead atoms. The van der Waals surface area contributed by atoms with Crippen LogP contribution in [0.15, 0.2) is 66.6 Å². The Kier molecular flexibility index (Phi) is 6.99. The molecule has 0 aliphatic carbocycles. The molecule has 186 valence electrons. The van der Waals surface area contributed by atoms with E-state index in [2.05, 4.69) is 16.4 Å². The highest BCUT2D eigenvalue weighted by atomic mass is 35.5. The van der Waals surface area contributed by atoms with Gasteiger partial charge in [-0.2, -0.15) is 9.65 Å². The summed E-state index contributed by atoms with van der Waals surface area (Å²) in [5.74, 6) is -0.897. The van der Waals surface area contributed by atoms with Gasteiger partial charge in [-0.25, -0.2) is 14.2 Å². The van der Waals surface area contributed by atoms with Crippen molar-refractivity contribution in [1.82, 2.24) is 19.8 Å². The molecule has 1 aliphatic rings. The van der Waals surface area contributed by atoms with Gasteiger partial charge in [0.05, 0.1) is 23.7 Å². The Bertz CT molecular complexity index is 1560. The van der Waals surface area contributed by atoms with E-state index in [1.54, 1.807) is 53.1 Å². The predicted octanol–water partition coefficient (Wildman–Crippen LogP) is 5.83. The van der Waals surface area contributed by atoms with Gasteiger partial charge in [0.15, 0.2) is 0 Å². The minimum Gasteiger partial charge on any atom is -0.333 e. The van der Waals surface area contributed by atoms with Gasteiger partial charge in [0, 0.05) is 48.4 Å². The number of halogens is 3. The van der Waals surface area contributed by atoms with Gasteiger partial charge in [-0.15, -0.1) is 0 Å². The quantitative estimate of drug-likeness (QED) is 0.338. The largest absolute Gasteiger partial charge is 0.333 e. The van der Waals surface area contributed by atoms with Crippen molar-refractivity contribution in [3.8, 4) is 6.07 Å². The SMILES string of the molecule is N#Cc1ccc2c(c1)c1c(n2C(=O)NCc2ccnc(F)c2)CCN(CC(F)=Cc2ccc(Cl)cc2)C1. The summed E-state index contributed by atoms with van der Waals surface area (Å²) >= 11 is 5.91. The lowest BCUT2D eigenvalue weighted by Gasteiger charge is -2.27. The fraction of sp³-hybridized carbons (Fsp3) is 0.179. The number of fused-ring (bicyclic) bond motifs is 3. The first-order valence-corrected chi connectivity index (χ1v) is 12.1. The molecule has 0 unspecified atom stereocenters. The van der Waals surface area contributed by atoms with Gasteiger partial charge in [0.25, 0.3) is 0 Å². The third kappa shape index (κ3) is 5.38. The molecule has 1 amide bonds. The zero-order chi connectivity index (χ0) is 25.9. The third-order valence-electron chi connectivity index (χ3n) is 6.36. The van der Waals surface area contributed by atoms with Crippen LogP contribution in [-0.2, 0) is 19.5 Å². The molecule has 5 rings (SSSR count). The molecule has 2 aromatic heterocycles. The first-order valence-electron chi connectivity index (χ1n) is 11.7. The van der Waals surface area contributed by atoms with Gasteiger partial charge in [0.2, 0.25) is 5.95 Å². The number of hydrogen-bond acceptors (Lipinski definition) is 4. The summed E-state index contributed by atoms with van der Waals surface area (Å²) in [4.78, 5) is 18.8. The van der Waals surface area contributed by atoms with Crippen LogP contribution in [0.4, 0.5) is 13.6 Å². The second-order valence-electron chi connectivity index (χ2n) is 8.85. The average molecular weight is 518 g/mol. The van der Waals surface area contributed by atoms with E-state index in [0.717, 1.165) is 22.2 Å². The number of nitriles is 1. The van der Waals surface area contributed by atoms with Crippen LogP contribution >= 0.6 is 11.6 Å². The molecule has 0 radical (unpaired) electrons. The second-order valence-corrected chi connectivity index (χ2v) is 9.29. The standard InChI is InChI=1S/C28H22ClF2N5O/c29-21-4-1-18(2-5-21)11-22(30)16-35-10-8-26-24(17-35)23-12-19(14-32)3-6-25(23)36(26)28(37)34-15-20-7-9-33-27(31)13-20/h1-7,9,11-13H,8,10,15-17H2,(H,34,37). The second kappa shape index (κ2) is 10.5. The number of nitrogens with zero attached hydrogens (tertiary/aromatic N) is 4. The predicted molar refractivity (Wildman–Crippen MR) is 138 cm³/mol. The minimum atomic E-state index is -0.614. The normalized spacial score (nSPS) is 13.8. The smallest absolute Gasteiger partial charge is 0.326 e. The van der Waals surface area contributed by atoms with Crippen LogP contribution < -0.4 is 5.32 Å². The molecule has 2 aromatic carbocycles. The molecule has 3 heterocycles. The summed E-state index contributed by atoms with van der Waals surface area (Å²) in [7, 11) is 0. The van der Waals surface area contributed by atoms with Crippen molar-refractivity contribution in [2.45, 2.75) is 19.5 Å². The summed E-state index contributed by atoms with van der Waals surface area (Å²) < 4.78 is 29.9. The first-order chi connectivity index (χ1) is 17.9. The molecular formula is C28H22ClF2N5O. The molecule has 1 aliphatic heterocycles. The molecule has 1 N–H and O–H groups in total. The van der Waals surface area contributed by atoms with Gasteiger partial charge < -0.3 is 5.32 Å². The zero-order valence-corrected chi connectivity index (χ0v) is 20.5. The lowest BCUT2D eigenvalue weighted by atomic mass is 10.0. The number of carbonyl (C=O) groups is 1.